The largest absolute Gasteiger partial charge is 0.480 e. The van der Waals surface area contributed by atoms with Crippen LogP contribution in [0.15, 0.2) is 43.0 Å². The molecule has 0 N–H and O–H groups in total. The number of rotatable bonds is 7. The van der Waals surface area contributed by atoms with Crippen LogP contribution in [0.4, 0.5) is 13.2 Å². The SMILES string of the molecule is COc1ncnc(C2CC2)c1-c1ncc2c(n1)c(C(C)c1ccc(-c3nc(C(F)(F)F)cn3C(C)C)cc1)nn2C. The number of alkyl halides is 3. The Hall–Kier alpha value is -4.35. The lowest BCUT2D eigenvalue weighted by molar-refractivity contribution is -0.140. The van der Waals surface area contributed by atoms with Crippen LogP contribution in [-0.4, -0.2) is 46.4 Å². The van der Waals surface area contributed by atoms with Gasteiger partial charge in [0.15, 0.2) is 11.5 Å². The first-order valence-corrected chi connectivity index (χ1v) is 13.4. The van der Waals surface area contributed by atoms with Gasteiger partial charge < -0.3 is 9.30 Å². The van der Waals surface area contributed by atoms with Crippen LogP contribution in [0, 0.1) is 0 Å². The standard InChI is InChI=1S/C29H29F3N8O/c1-15(2)40-13-21(29(30,31)32)36-27(40)19-10-6-17(7-11-19)16(3)23-25-20(39(4)38-23)12-33-26(37-25)22-24(18-8-9-18)34-14-35-28(22)41-5/h6-7,10-16,18H,8-9H2,1-5H3. The van der Waals surface area contributed by atoms with Gasteiger partial charge in [0.05, 0.1) is 24.7 Å². The molecule has 1 atom stereocenters. The zero-order chi connectivity index (χ0) is 29.1. The Balaban J connectivity index is 1.38. The summed E-state index contributed by atoms with van der Waals surface area (Å²) in [5.74, 6) is 1.37. The van der Waals surface area contributed by atoms with E-state index in [9.17, 15) is 13.2 Å². The molecule has 0 radical (unpaired) electrons. The lowest BCUT2D eigenvalue weighted by Crippen LogP contribution is -2.05. The molecule has 0 saturated heterocycles. The number of hydrogen-bond donors (Lipinski definition) is 0. The van der Waals surface area contributed by atoms with Crippen molar-refractivity contribution < 1.29 is 17.9 Å². The smallest absolute Gasteiger partial charge is 0.434 e. The molecule has 0 amide bonds. The van der Waals surface area contributed by atoms with Crippen molar-refractivity contribution in [3.63, 3.8) is 0 Å². The maximum absolute atomic E-state index is 13.4. The quantitative estimate of drug-likeness (QED) is 0.229. The van der Waals surface area contributed by atoms with Gasteiger partial charge >= 0.3 is 6.18 Å². The van der Waals surface area contributed by atoms with E-state index in [1.165, 1.54) is 6.33 Å². The molecule has 0 bridgehead atoms. The van der Waals surface area contributed by atoms with Gasteiger partial charge in [0.2, 0.25) is 5.88 Å². The van der Waals surface area contributed by atoms with E-state index < -0.39 is 11.9 Å². The summed E-state index contributed by atoms with van der Waals surface area (Å²) in [7, 11) is 3.41. The van der Waals surface area contributed by atoms with Gasteiger partial charge in [-0.15, -0.1) is 0 Å². The molecule has 9 nitrogen and oxygen atoms in total. The molecule has 12 heteroatoms. The van der Waals surface area contributed by atoms with Crippen LogP contribution >= 0.6 is 0 Å². The highest BCUT2D eigenvalue weighted by Crippen LogP contribution is 2.45. The normalized spacial score (nSPS) is 14.7. The van der Waals surface area contributed by atoms with Crippen LogP contribution in [0.2, 0.25) is 0 Å². The highest BCUT2D eigenvalue weighted by Gasteiger charge is 2.35. The van der Waals surface area contributed by atoms with Gasteiger partial charge in [0, 0.05) is 36.7 Å². The minimum absolute atomic E-state index is 0.164. The summed E-state index contributed by atoms with van der Waals surface area (Å²) in [6, 6.07) is 7.21. The molecule has 1 fully saturated rings. The Morgan fingerprint density at radius 3 is 2.37 bits per heavy atom. The van der Waals surface area contributed by atoms with Crippen molar-refractivity contribution in [2.24, 2.45) is 7.05 Å². The molecule has 1 saturated carbocycles. The van der Waals surface area contributed by atoms with E-state index in [0.717, 1.165) is 41.5 Å². The number of imidazole rings is 1. The Morgan fingerprint density at radius 2 is 1.73 bits per heavy atom. The molecule has 212 valence electrons. The van der Waals surface area contributed by atoms with Crippen LogP contribution in [-0.2, 0) is 13.2 Å². The molecule has 4 aromatic heterocycles. The van der Waals surface area contributed by atoms with E-state index in [2.05, 4.69) is 19.9 Å². The van der Waals surface area contributed by atoms with Gasteiger partial charge in [-0.25, -0.2) is 24.9 Å². The Kier molecular flexibility index (Phi) is 6.50. The van der Waals surface area contributed by atoms with Crippen molar-refractivity contribution in [2.45, 2.75) is 57.7 Å². The summed E-state index contributed by atoms with van der Waals surface area (Å²) in [6.45, 7) is 5.68. The molecule has 1 unspecified atom stereocenters. The third-order valence-electron chi connectivity index (χ3n) is 7.50. The number of fused-ring (bicyclic) bond motifs is 1. The number of ether oxygens (including phenoxy) is 1. The fourth-order valence-electron chi connectivity index (χ4n) is 5.11. The number of aromatic nitrogens is 8. The maximum Gasteiger partial charge on any atom is 0.434 e. The molecule has 0 aliphatic heterocycles. The average molecular weight is 563 g/mol. The predicted octanol–water partition coefficient (Wildman–Crippen LogP) is 6.32. The average Bonchev–Trinajstić information content (AvgIpc) is 3.61. The number of methoxy groups -OCH3 is 1. The van der Waals surface area contributed by atoms with Gasteiger partial charge in [-0.2, -0.15) is 18.3 Å². The van der Waals surface area contributed by atoms with Crippen LogP contribution in [0.3, 0.4) is 0 Å². The van der Waals surface area contributed by atoms with Crippen molar-refractivity contribution >= 4 is 11.0 Å². The van der Waals surface area contributed by atoms with Gasteiger partial charge in [-0.1, -0.05) is 31.2 Å². The number of hydrogen-bond acceptors (Lipinski definition) is 7. The monoisotopic (exact) mass is 562 g/mol. The van der Waals surface area contributed by atoms with E-state index >= 15 is 0 Å². The number of nitrogens with zero attached hydrogens (tertiary/aromatic N) is 8. The zero-order valence-electron chi connectivity index (χ0n) is 23.3. The highest BCUT2D eigenvalue weighted by molar-refractivity contribution is 5.81. The summed E-state index contributed by atoms with van der Waals surface area (Å²) < 4.78 is 49.0. The van der Waals surface area contributed by atoms with Gasteiger partial charge in [-0.05, 0) is 32.3 Å². The number of halogens is 3. The van der Waals surface area contributed by atoms with E-state index in [1.54, 1.807) is 34.7 Å². The topological polar surface area (TPSA) is 96.4 Å². The second kappa shape index (κ2) is 9.93. The first-order chi connectivity index (χ1) is 19.6. The maximum atomic E-state index is 13.4. The number of benzene rings is 1. The van der Waals surface area contributed by atoms with Crippen LogP contribution in [0.5, 0.6) is 5.88 Å². The summed E-state index contributed by atoms with van der Waals surface area (Å²) in [5.41, 5.74) is 4.45. The molecule has 0 spiro atoms. The van der Waals surface area contributed by atoms with Crippen molar-refractivity contribution in [1.29, 1.82) is 0 Å². The van der Waals surface area contributed by atoms with Gasteiger partial charge in [0.1, 0.15) is 28.7 Å². The van der Waals surface area contributed by atoms with Crippen molar-refractivity contribution in [1.82, 2.24) is 39.3 Å². The van der Waals surface area contributed by atoms with Gasteiger partial charge in [-0.3, -0.25) is 4.68 Å². The van der Waals surface area contributed by atoms with E-state index in [0.29, 0.717) is 34.3 Å². The Labute approximate surface area is 234 Å². The highest BCUT2D eigenvalue weighted by atomic mass is 19.4. The lowest BCUT2D eigenvalue weighted by atomic mass is 9.96. The van der Waals surface area contributed by atoms with E-state index in [-0.39, 0.29) is 17.8 Å². The summed E-state index contributed by atoms with van der Waals surface area (Å²) in [5, 5.41) is 4.77. The van der Waals surface area contributed by atoms with Crippen molar-refractivity contribution in [3.05, 3.63) is 65.6 Å². The molecule has 5 aromatic rings. The number of aryl methyl sites for hydroxylation is 1. The lowest BCUT2D eigenvalue weighted by Gasteiger charge is -2.14. The molecule has 41 heavy (non-hydrogen) atoms. The Morgan fingerprint density at radius 1 is 1.00 bits per heavy atom. The van der Waals surface area contributed by atoms with Gasteiger partial charge in [0.25, 0.3) is 0 Å². The van der Waals surface area contributed by atoms with Crippen LogP contribution < -0.4 is 4.74 Å². The second-order valence-corrected chi connectivity index (χ2v) is 10.6. The first kappa shape index (κ1) is 26.9. The first-order valence-electron chi connectivity index (χ1n) is 13.4. The second-order valence-electron chi connectivity index (χ2n) is 10.6. The molecule has 6 rings (SSSR count). The third kappa shape index (κ3) is 4.81. The third-order valence-corrected chi connectivity index (χ3v) is 7.50. The predicted molar refractivity (Wildman–Crippen MR) is 146 cm³/mol. The Bertz CT molecular complexity index is 1740. The summed E-state index contributed by atoms with van der Waals surface area (Å²) in [4.78, 5) is 22.3. The van der Waals surface area contributed by atoms with Crippen molar-refractivity contribution in [2.75, 3.05) is 7.11 Å². The minimum atomic E-state index is -4.51. The van der Waals surface area contributed by atoms with Crippen molar-refractivity contribution in [3.8, 4) is 28.7 Å². The van der Waals surface area contributed by atoms with Crippen LogP contribution in [0.25, 0.3) is 33.8 Å². The van der Waals surface area contributed by atoms with E-state index in [1.807, 2.05) is 40.0 Å². The summed E-state index contributed by atoms with van der Waals surface area (Å²) >= 11 is 0. The fraction of sp³-hybridized carbons (Fsp3) is 0.379. The molecule has 1 aliphatic carbocycles. The fourth-order valence-corrected chi connectivity index (χ4v) is 5.11. The van der Waals surface area contributed by atoms with Crippen LogP contribution in [0.1, 0.15) is 74.1 Å². The van der Waals surface area contributed by atoms with E-state index in [4.69, 9.17) is 14.8 Å². The molecular formula is C29H29F3N8O. The molecule has 1 aliphatic rings. The molecular weight excluding hydrogens is 533 g/mol. The molecule has 4 heterocycles. The zero-order valence-corrected chi connectivity index (χ0v) is 23.3. The summed E-state index contributed by atoms with van der Waals surface area (Å²) in [6.07, 6.45) is 1.91. The molecule has 1 aromatic carbocycles. The minimum Gasteiger partial charge on any atom is -0.480 e.